The maximum absolute atomic E-state index is 12.9. The molecule has 148 valence electrons. The molecule has 1 atom stereocenters. The highest BCUT2D eigenvalue weighted by Gasteiger charge is 2.39. The lowest BCUT2D eigenvalue weighted by Crippen LogP contribution is -2.27. The molecule has 4 rings (SSSR count). The van der Waals surface area contributed by atoms with Gasteiger partial charge in [0.15, 0.2) is 11.2 Å². The van der Waals surface area contributed by atoms with Crippen molar-refractivity contribution in [3.8, 4) is 0 Å². The summed E-state index contributed by atoms with van der Waals surface area (Å²) >= 11 is 5.74. The Labute approximate surface area is 161 Å². The lowest BCUT2D eigenvalue weighted by Gasteiger charge is -2.24. The molecule has 1 N–H and O–H groups in total. The van der Waals surface area contributed by atoms with E-state index in [4.69, 9.17) is 11.6 Å². The molecule has 3 aromatic rings. The predicted octanol–water partition coefficient (Wildman–Crippen LogP) is 2.79. The first-order valence-corrected chi connectivity index (χ1v) is 8.79. The van der Waals surface area contributed by atoms with Crippen molar-refractivity contribution in [2.24, 2.45) is 7.05 Å². The molecule has 0 spiro atoms. The smallest absolute Gasteiger partial charge is 0.379 e. The molecule has 0 radical (unpaired) electrons. The van der Waals surface area contributed by atoms with Crippen molar-refractivity contribution in [3.63, 3.8) is 0 Å². The Morgan fingerprint density at radius 2 is 1.93 bits per heavy atom. The van der Waals surface area contributed by atoms with Crippen LogP contribution < -0.4 is 5.56 Å². The second-order valence-corrected chi connectivity index (χ2v) is 7.39. The van der Waals surface area contributed by atoms with E-state index in [-0.39, 0.29) is 33.9 Å². The summed E-state index contributed by atoms with van der Waals surface area (Å²) in [4.78, 5) is 20.3. The van der Waals surface area contributed by atoms with Crippen LogP contribution in [-0.2, 0) is 18.8 Å². The number of pyridine rings is 1. The lowest BCUT2D eigenvalue weighted by atomic mass is 9.92. The second kappa shape index (κ2) is 6.02. The van der Waals surface area contributed by atoms with Gasteiger partial charge in [-0.05, 0) is 25.8 Å². The van der Waals surface area contributed by atoms with Crippen LogP contribution in [0.3, 0.4) is 0 Å². The molecular weight excluding hydrogens is 399 g/mol. The minimum absolute atomic E-state index is 0.0172. The Bertz CT molecular complexity index is 1150. The van der Waals surface area contributed by atoms with Gasteiger partial charge in [0.25, 0.3) is 5.56 Å². The van der Waals surface area contributed by atoms with Crippen LogP contribution in [0.15, 0.2) is 23.4 Å². The van der Waals surface area contributed by atoms with Crippen LogP contribution >= 0.6 is 11.6 Å². The predicted molar refractivity (Wildman–Crippen MR) is 94.0 cm³/mol. The summed E-state index contributed by atoms with van der Waals surface area (Å²) in [6.07, 6.45) is -0.628. The van der Waals surface area contributed by atoms with Crippen molar-refractivity contribution in [3.05, 3.63) is 50.9 Å². The zero-order chi connectivity index (χ0) is 20.4. The van der Waals surface area contributed by atoms with Crippen molar-refractivity contribution in [2.45, 2.75) is 37.6 Å². The fourth-order valence-corrected chi connectivity index (χ4v) is 3.56. The van der Waals surface area contributed by atoms with Gasteiger partial charge in [0.1, 0.15) is 16.8 Å². The van der Waals surface area contributed by atoms with E-state index in [9.17, 15) is 23.1 Å². The number of halogens is 4. The molecule has 3 aromatic heterocycles. The molecule has 3 heterocycles. The van der Waals surface area contributed by atoms with Crippen LogP contribution in [0.4, 0.5) is 13.2 Å². The van der Waals surface area contributed by atoms with Gasteiger partial charge in [-0.1, -0.05) is 11.6 Å². The van der Waals surface area contributed by atoms with Gasteiger partial charge in [-0.15, -0.1) is 0 Å². The van der Waals surface area contributed by atoms with Gasteiger partial charge in [0, 0.05) is 24.8 Å². The first kappa shape index (κ1) is 18.9. The lowest BCUT2D eigenvalue weighted by molar-refractivity contribution is -0.141. The highest BCUT2D eigenvalue weighted by Crippen LogP contribution is 2.38. The molecule has 1 saturated carbocycles. The van der Waals surface area contributed by atoms with E-state index in [2.05, 4.69) is 15.1 Å². The monoisotopic (exact) mass is 413 g/mol. The van der Waals surface area contributed by atoms with Crippen LogP contribution in [-0.4, -0.2) is 29.4 Å². The number of nitrogens with zero attached hydrogens (tertiary/aromatic N) is 5. The van der Waals surface area contributed by atoms with Crippen molar-refractivity contribution < 1.29 is 18.3 Å². The van der Waals surface area contributed by atoms with Crippen LogP contribution in [0.25, 0.3) is 11.0 Å². The maximum atomic E-state index is 12.9. The third kappa shape index (κ3) is 2.87. The van der Waals surface area contributed by atoms with Crippen molar-refractivity contribution in [1.29, 1.82) is 0 Å². The molecule has 1 fully saturated rings. The average Bonchev–Trinajstić information content (AvgIpc) is 3.36. The summed E-state index contributed by atoms with van der Waals surface area (Å²) < 4.78 is 41.5. The SMILES string of the molecule is Cn1nc2c(=O)n(C3CC3)cnc2c1[C@@](C)(O)c1cnc(C(F)(F)F)c(Cl)c1. The number of aromatic nitrogens is 5. The highest BCUT2D eigenvalue weighted by molar-refractivity contribution is 6.31. The molecule has 11 heteroatoms. The van der Waals surface area contributed by atoms with E-state index in [0.29, 0.717) is 0 Å². The van der Waals surface area contributed by atoms with E-state index in [1.807, 2.05) is 0 Å². The number of alkyl halides is 3. The third-order valence-electron chi connectivity index (χ3n) is 4.84. The summed E-state index contributed by atoms with van der Waals surface area (Å²) in [5.74, 6) is 0. The van der Waals surface area contributed by atoms with Gasteiger partial charge < -0.3 is 5.11 Å². The van der Waals surface area contributed by atoms with Gasteiger partial charge in [0.05, 0.1) is 11.3 Å². The molecule has 0 aromatic carbocycles. The quantitative estimate of drug-likeness (QED) is 0.713. The number of fused-ring (bicyclic) bond motifs is 1. The van der Waals surface area contributed by atoms with Crippen LogP contribution in [0.5, 0.6) is 0 Å². The van der Waals surface area contributed by atoms with E-state index >= 15 is 0 Å². The Kier molecular flexibility index (Phi) is 4.06. The molecule has 0 amide bonds. The zero-order valence-corrected chi connectivity index (χ0v) is 15.6. The molecule has 28 heavy (non-hydrogen) atoms. The Morgan fingerprint density at radius 1 is 1.25 bits per heavy atom. The van der Waals surface area contributed by atoms with Gasteiger partial charge in [0.2, 0.25) is 0 Å². The standard InChI is InChI=1S/C17H15ClF3N5O2/c1-16(28,8-5-10(18)13(22-6-8)17(19,20)21)14-11-12(24-25(14)2)15(27)26(7-23-11)9-3-4-9/h5-7,9,28H,3-4H2,1-2H3/t16-/m0/s1. The molecule has 0 saturated heterocycles. The average molecular weight is 414 g/mol. The largest absolute Gasteiger partial charge is 0.434 e. The molecule has 0 bridgehead atoms. The third-order valence-corrected chi connectivity index (χ3v) is 5.13. The Balaban J connectivity index is 1.87. The van der Waals surface area contributed by atoms with Crippen LogP contribution in [0, 0.1) is 0 Å². The fraction of sp³-hybridized carbons (Fsp3) is 0.412. The molecule has 1 aliphatic carbocycles. The Hall–Kier alpha value is -2.46. The van der Waals surface area contributed by atoms with Crippen LogP contribution in [0.1, 0.15) is 42.8 Å². The molecule has 0 unspecified atom stereocenters. The first-order valence-electron chi connectivity index (χ1n) is 8.41. The number of hydrogen-bond donors (Lipinski definition) is 1. The van der Waals surface area contributed by atoms with Crippen molar-refractivity contribution >= 4 is 22.6 Å². The van der Waals surface area contributed by atoms with Gasteiger partial charge in [-0.25, -0.2) is 9.97 Å². The minimum Gasteiger partial charge on any atom is -0.379 e. The number of aryl methyl sites for hydroxylation is 1. The number of hydrogen-bond acceptors (Lipinski definition) is 5. The molecule has 7 nitrogen and oxygen atoms in total. The highest BCUT2D eigenvalue weighted by atomic mass is 35.5. The fourth-order valence-electron chi connectivity index (χ4n) is 3.28. The van der Waals surface area contributed by atoms with E-state index < -0.39 is 22.5 Å². The summed E-state index contributed by atoms with van der Waals surface area (Å²) in [6.45, 7) is 1.36. The van der Waals surface area contributed by atoms with Crippen molar-refractivity contribution in [2.75, 3.05) is 0 Å². The van der Waals surface area contributed by atoms with E-state index in [1.54, 1.807) is 0 Å². The zero-order valence-electron chi connectivity index (χ0n) is 14.8. The van der Waals surface area contributed by atoms with Crippen molar-refractivity contribution in [1.82, 2.24) is 24.3 Å². The second-order valence-electron chi connectivity index (χ2n) is 6.98. The van der Waals surface area contributed by atoms with Crippen LogP contribution in [0.2, 0.25) is 5.02 Å². The number of aliphatic hydroxyl groups is 1. The van der Waals surface area contributed by atoms with E-state index in [1.165, 1.54) is 29.5 Å². The summed E-state index contributed by atoms with van der Waals surface area (Å²) in [5, 5.41) is 14.7. The molecule has 0 aliphatic heterocycles. The summed E-state index contributed by atoms with van der Waals surface area (Å²) in [7, 11) is 1.52. The van der Waals surface area contributed by atoms with Gasteiger partial charge in [-0.2, -0.15) is 18.3 Å². The van der Waals surface area contributed by atoms with Gasteiger partial charge >= 0.3 is 6.18 Å². The summed E-state index contributed by atoms with van der Waals surface area (Å²) in [5.41, 5.74) is -2.98. The normalized spacial score (nSPS) is 17.1. The first-order chi connectivity index (χ1) is 13.0. The molecular formula is C17H15ClF3N5O2. The Morgan fingerprint density at radius 3 is 2.50 bits per heavy atom. The van der Waals surface area contributed by atoms with E-state index in [0.717, 1.165) is 25.1 Å². The minimum atomic E-state index is -4.71. The number of rotatable bonds is 3. The summed E-state index contributed by atoms with van der Waals surface area (Å²) in [6, 6.07) is 1.11. The molecule has 1 aliphatic rings. The topological polar surface area (TPSA) is 85.8 Å². The van der Waals surface area contributed by atoms with Gasteiger partial charge in [-0.3, -0.25) is 14.0 Å². The maximum Gasteiger partial charge on any atom is 0.434 e.